The second kappa shape index (κ2) is 5.88. The highest BCUT2D eigenvalue weighted by Crippen LogP contribution is 2.32. The molecule has 0 saturated carbocycles. The van der Waals surface area contributed by atoms with E-state index in [1.165, 1.54) is 0 Å². The van der Waals surface area contributed by atoms with E-state index in [-0.39, 0.29) is 6.04 Å². The van der Waals surface area contributed by atoms with Crippen LogP contribution in [0.1, 0.15) is 24.6 Å². The molecule has 4 nitrogen and oxygen atoms in total. The van der Waals surface area contributed by atoms with Crippen molar-refractivity contribution in [1.82, 2.24) is 14.5 Å². The van der Waals surface area contributed by atoms with Crippen LogP contribution in [0.5, 0.6) is 0 Å². The molecule has 1 aliphatic rings. The molecule has 1 atom stereocenters. The molecule has 1 fully saturated rings. The summed E-state index contributed by atoms with van der Waals surface area (Å²) in [6.07, 6.45) is 2.27. The summed E-state index contributed by atoms with van der Waals surface area (Å²) in [5.41, 5.74) is 1.67. The minimum atomic E-state index is -0.358. The predicted octanol–water partition coefficient (Wildman–Crippen LogP) is 3.40. The van der Waals surface area contributed by atoms with E-state index in [0.29, 0.717) is 10.8 Å². The topological polar surface area (TPSA) is 44.9 Å². The SMILES string of the molecule is Cn1c(-c2ccccc2)nc(C(C#N)N2CCCC2)c1Cl. The molecular weight excluding hydrogens is 284 g/mol. The van der Waals surface area contributed by atoms with E-state index >= 15 is 0 Å². The molecule has 0 spiro atoms. The van der Waals surface area contributed by atoms with Crippen LogP contribution in [0.3, 0.4) is 0 Å². The zero-order chi connectivity index (χ0) is 14.8. The first kappa shape index (κ1) is 14.1. The molecule has 2 aromatic rings. The van der Waals surface area contributed by atoms with Gasteiger partial charge in [0.25, 0.3) is 0 Å². The number of rotatable bonds is 3. The van der Waals surface area contributed by atoms with E-state index < -0.39 is 0 Å². The van der Waals surface area contributed by atoms with Gasteiger partial charge in [0.2, 0.25) is 0 Å². The van der Waals surface area contributed by atoms with Gasteiger partial charge in [-0.2, -0.15) is 5.26 Å². The van der Waals surface area contributed by atoms with Gasteiger partial charge in [-0.1, -0.05) is 41.9 Å². The van der Waals surface area contributed by atoms with Crippen LogP contribution < -0.4 is 0 Å². The zero-order valence-corrected chi connectivity index (χ0v) is 12.7. The van der Waals surface area contributed by atoms with Gasteiger partial charge in [0.15, 0.2) is 0 Å². The molecule has 0 amide bonds. The monoisotopic (exact) mass is 300 g/mol. The second-order valence-electron chi connectivity index (χ2n) is 5.31. The average molecular weight is 301 g/mol. The van der Waals surface area contributed by atoms with Gasteiger partial charge in [0.05, 0.1) is 6.07 Å². The van der Waals surface area contributed by atoms with Crippen LogP contribution >= 0.6 is 11.6 Å². The lowest BCUT2D eigenvalue weighted by Crippen LogP contribution is -2.25. The van der Waals surface area contributed by atoms with Crippen molar-refractivity contribution >= 4 is 11.6 Å². The van der Waals surface area contributed by atoms with E-state index in [1.54, 1.807) is 0 Å². The number of hydrogen-bond acceptors (Lipinski definition) is 3. The number of hydrogen-bond donors (Lipinski definition) is 0. The molecule has 5 heteroatoms. The second-order valence-corrected chi connectivity index (χ2v) is 5.67. The van der Waals surface area contributed by atoms with Gasteiger partial charge in [-0.3, -0.25) is 4.90 Å². The Balaban J connectivity index is 2.02. The largest absolute Gasteiger partial charge is 0.318 e. The molecule has 1 saturated heterocycles. The number of nitrogens with zero attached hydrogens (tertiary/aromatic N) is 4. The molecule has 0 bridgehead atoms. The molecular formula is C16H17ClN4. The predicted molar refractivity (Wildman–Crippen MR) is 82.8 cm³/mol. The molecule has 1 aromatic heterocycles. The Hall–Kier alpha value is -1.83. The first-order valence-corrected chi connectivity index (χ1v) is 7.51. The van der Waals surface area contributed by atoms with Crippen LogP contribution in [0, 0.1) is 11.3 Å². The maximum atomic E-state index is 9.54. The van der Waals surface area contributed by atoms with Crippen LogP contribution in [0.2, 0.25) is 5.15 Å². The molecule has 1 aliphatic heterocycles. The van der Waals surface area contributed by atoms with Crippen LogP contribution in [0.25, 0.3) is 11.4 Å². The standard InChI is InChI=1S/C16H17ClN4/c1-20-15(17)14(13(11-18)21-9-5-6-10-21)19-16(20)12-7-3-2-4-8-12/h2-4,7-8,13H,5-6,9-10H2,1H3. The van der Waals surface area contributed by atoms with Gasteiger partial charge in [-0.25, -0.2) is 4.98 Å². The number of nitriles is 1. The Labute approximate surface area is 129 Å². The van der Waals surface area contributed by atoms with Gasteiger partial charge in [-0.05, 0) is 25.9 Å². The fourth-order valence-electron chi connectivity index (χ4n) is 2.83. The molecule has 21 heavy (non-hydrogen) atoms. The Morgan fingerprint density at radius 2 is 1.90 bits per heavy atom. The maximum Gasteiger partial charge on any atom is 0.144 e. The lowest BCUT2D eigenvalue weighted by Gasteiger charge is -2.19. The molecule has 1 aromatic carbocycles. The van der Waals surface area contributed by atoms with Crippen molar-refractivity contribution < 1.29 is 0 Å². The third-order valence-electron chi connectivity index (χ3n) is 3.97. The minimum Gasteiger partial charge on any atom is -0.318 e. The first-order chi connectivity index (χ1) is 10.2. The Morgan fingerprint density at radius 3 is 2.52 bits per heavy atom. The molecule has 1 unspecified atom stereocenters. The van der Waals surface area contributed by atoms with Crippen molar-refractivity contribution in [3.63, 3.8) is 0 Å². The fraction of sp³-hybridized carbons (Fsp3) is 0.375. The summed E-state index contributed by atoms with van der Waals surface area (Å²) in [6.45, 7) is 1.87. The highest BCUT2D eigenvalue weighted by Gasteiger charge is 2.29. The molecule has 3 rings (SSSR count). The lowest BCUT2D eigenvalue weighted by atomic mass is 10.2. The van der Waals surface area contributed by atoms with Gasteiger partial charge in [-0.15, -0.1) is 0 Å². The summed E-state index contributed by atoms with van der Waals surface area (Å²) in [4.78, 5) is 6.82. The normalized spacial score (nSPS) is 16.8. The molecule has 2 heterocycles. The van der Waals surface area contributed by atoms with E-state index in [4.69, 9.17) is 11.6 Å². The highest BCUT2D eigenvalue weighted by atomic mass is 35.5. The van der Waals surface area contributed by atoms with Crippen molar-refractivity contribution in [2.24, 2.45) is 7.05 Å². The summed E-state index contributed by atoms with van der Waals surface area (Å²) < 4.78 is 1.85. The van der Waals surface area contributed by atoms with E-state index in [9.17, 15) is 5.26 Å². The van der Waals surface area contributed by atoms with Crippen molar-refractivity contribution in [2.45, 2.75) is 18.9 Å². The third-order valence-corrected chi connectivity index (χ3v) is 4.42. The quantitative estimate of drug-likeness (QED) is 0.872. The van der Waals surface area contributed by atoms with Gasteiger partial charge >= 0.3 is 0 Å². The van der Waals surface area contributed by atoms with E-state index in [1.807, 2.05) is 41.9 Å². The molecule has 0 N–H and O–H groups in total. The maximum absolute atomic E-state index is 9.54. The van der Waals surface area contributed by atoms with Crippen LogP contribution in [0.15, 0.2) is 30.3 Å². The van der Waals surface area contributed by atoms with Crippen molar-refractivity contribution in [3.8, 4) is 17.5 Å². The Morgan fingerprint density at radius 1 is 1.24 bits per heavy atom. The van der Waals surface area contributed by atoms with Gasteiger partial charge < -0.3 is 4.57 Å². The number of likely N-dealkylation sites (tertiary alicyclic amines) is 1. The Kier molecular flexibility index (Phi) is 3.96. The number of halogens is 1. The number of benzene rings is 1. The first-order valence-electron chi connectivity index (χ1n) is 7.13. The van der Waals surface area contributed by atoms with Crippen molar-refractivity contribution in [3.05, 3.63) is 41.2 Å². The number of aromatic nitrogens is 2. The van der Waals surface area contributed by atoms with Crippen molar-refractivity contribution in [2.75, 3.05) is 13.1 Å². The van der Waals surface area contributed by atoms with Crippen molar-refractivity contribution in [1.29, 1.82) is 5.26 Å². The summed E-state index contributed by atoms with van der Waals surface area (Å²) in [5.74, 6) is 0.801. The van der Waals surface area contributed by atoms with Crippen LogP contribution in [-0.2, 0) is 7.05 Å². The smallest absolute Gasteiger partial charge is 0.144 e. The Bertz CT molecular complexity index is 666. The molecule has 108 valence electrons. The average Bonchev–Trinajstić information content (AvgIpc) is 3.13. The molecule has 0 radical (unpaired) electrons. The highest BCUT2D eigenvalue weighted by molar-refractivity contribution is 6.30. The van der Waals surface area contributed by atoms with E-state index in [0.717, 1.165) is 37.3 Å². The van der Waals surface area contributed by atoms with Gasteiger partial charge in [0, 0.05) is 12.6 Å². The summed E-state index contributed by atoms with van der Waals surface area (Å²) in [7, 11) is 1.89. The number of imidazole rings is 1. The van der Waals surface area contributed by atoms with Gasteiger partial charge in [0.1, 0.15) is 22.7 Å². The summed E-state index contributed by atoms with van der Waals surface area (Å²) in [5, 5.41) is 10.1. The van der Waals surface area contributed by atoms with E-state index in [2.05, 4.69) is 16.0 Å². The van der Waals surface area contributed by atoms with Crippen LogP contribution in [-0.4, -0.2) is 27.5 Å². The third kappa shape index (κ3) is 2.55. The fourth-order valence-corrected chi connectivity index (χ4v) is 3.06. The minimum absolute atomic E-state index is 0.358. The zero-order valence-electron chi connectivity index (χ0n) is 12.0. The molecule has 0 aliphatic carbocycles. The lowest BCUT2D eigenvalue weighted by molar-refractivity contribution is 0.290. The summed E-state index contributed by atoms with van der Waals surface area (Å²) in [6, 6.07) is 11.9. The summed E-state index contributed by atoms with van der Waals surface area (Å²) >= 11 is 6.44. The van der Waals surface area contributed by atoms with Crippen LogP contribution in [0.4, 0.5) is 0 Å².